The molecular formula is C10H21NO3. The van der Waals surface area contributed by atoms with Crippen molar-refractivity contribution in [2.75, 3.05) is 19.7 Å². The van der Waals surface area contributed by atoms with E-state index in [1.165, 1.54) is 0 Å². The molecule has 4 nitrogen and oxygen atoms in total. The molecule has 0 spiro atoms. The van der Waals surface area contributed by atoms with Crippen molar-refractivity contribution in [1.82, 2.24) is 4.90 Å². The van der Waals surface area contributed by atoms with Crippen LogP contribution in [0.15, 0.2) is 0 Å². The highest BCUT2D eigenvalue weighted by Crippen LogP contribution is 2.16. The summed E-state index contributed by atoms with van der Waals surface area (Å²) in [4.78, 5) is 12.8. The highest BCUT2D eigenvalue weighted by molar-refractivity contribution is 5.77. The van der Waals surface area contributed by atoms with Crippen LogP contribution in [0.4, 0.5) is 0 Å². The van der Waals surface area contributed by atoms with Gasteiger partial charge >= 0.3 is 5.97 Å². The lowest BCUT2D eigenvalue weighted by atomic mass is 10.0. The van der Waals surface area contributed by atoms with Gasteiger partial charge in [0.15, 0.2) is 0 Å². The summed E-state index contributed by atoms with van der Waals surface area (Å²) in [7, 11) is 0. The summed E-state index contributed by atoms with van der Waals surface area (Å²) in [5.74, 6) is -0.724. The van der Waals surface area contributed by atoms with Crippen LogP contribution in [-0.2, 0) is 4.79 Å². The molecule has 0 aromatic heterocycles. The predicted molar refractivity (Wildman–Crippen MR) is 55.2 cm³/mol. The first kappa shape index (κ1) is 13.4. The fourth-order valence-corrected chi connectivity index (χ4v) is 1.32. The Morgan fingerprint density at radius 3 is 2.29 bits per heavy atom. The van der Waals surface area contributed by atoms with Gasteiger partial charge < -0.3 is 10.2 Å². The van der Waals surface area contributed by atoms with Gasteiger partial charge in [-0.1, -0.05) is 13.8 Å². The average molecular weight is 203 g/mol. The number of likely N-dealkylation sites (N-methyl/N-ethyl adjacent to an activating group) is 1. The number of nitrogens with zero attached hydrogens (tertiary/aromatic N) is 1. The molecule has 14 heavy (non-hydrogen) atoms. The molecule has 0 radical (unpaired) electrons. The van der Waals surface area contributed by atoms with Gasteiger partial charge in [-0.25, -0.2) is 0 Å². The Balaban J connectivity index is 4.47. The van der Waals surface area contributed by atoms with Gasteiger partial charge in [-0.2, -0.15) is 0 Å². The summed E-state index contributed by atoms with van der Waals surface area (Å²) < 4.78 is 0. The van der Waals surface area contributed by atoms with Crippen LogP contribution in [0, 0.1) is 5.92 Å². The van der Waals surface area contributed by atoms with Crippen LogP contribution in [0.1, 0.15) is 27.7 Å². The Morgan fingerprint density at radius 2 is 2.00 bits per heavy atom. The first-order valence-corrected chi connectivity index (χ1v) is 4.95. The SMILES string of the molecule is CCN(CC(C)CO)C(C)(C)C(=O)O. The Hall–Kier alpha value is -0.610. The number of rotatable bonds is 6. The average Bonchev–Trinajstić information content (AvgIpc) is 2.12. The van der Waals surface area contributed by atoms with E-state index < -0.39 is 11.5 Å². The van der Waals surface area contributed by atoms with E-state index >= 15 is 0 Å². The minimum Gasteiger partial charge on any atom is -0.480 e. The molecule has 84 valence electrons. The summed E-state index contributed by atoms with van der Waals surface area (Å²) in [6.07, 6.45) is 0. The Kier molecular flexibility index (Phi) is 5.08. The summed E-state index contributed by atoms with van der Waals surface area (Å²) in [5.41, 5.74) is -0.863. The monoisotopic (exact) mass is 203 g/mol. The lowest BCUT2D eigenvalue weighted by molar-refractivity contribution is -0.149. The molecule has 0 aliphatic heterocycles. The molecule has 0 aliphatic rings. The zero-order valence-corrected chi connectivity index (χ0v) is 9.45. The lowest BCUT2D eigenvalue weighted by Gasteiger charge is -2.35. The summed E-state index contributed by atoms with van der Waals surface area (Å²) >= 11 is 0. The molecule has 0 bridgehead atoms. The largest absolute Gasteiger partial charge is 0.480 e. The number of aliphatic carboxylic acids is 1. The van der Waals surface area contributed by atoms with E-state index in [-0.39, 0.29) is 12.5 Å². The molecule has 2 N–H and O–H groups in total. The molecule has 0 amide bonds. The molecule has 0 aromatic rings. The maximum atomic E-state index is 11.0. The Morgan fingerprint density at radius 1 is 1.50 bits per heavy atom. The third-order valence-corrected chi connectivity index (χ3v) is 2.54. The van der Waals surface area contributed by atoms with Gasteiger partial charge in [0, 0.05) is 13.2 Å². The second kappa shape index (κ2) is 5.32. The molecule has 1 atom stereocenters. The van der Waals surface area contributed by atoms with E-state index in [0.29, 0.717) is 13.1 Å². The van der Waals surface area contributed by atoms with Crippen LogP contribution in [0.3, 0.4) is 0 Å². The van der Waals surface area contributed by atoms with Crippen molar-refractivity contribution in [1.29, 1.82) is 0 Å². The number of aliphatic hydroxyl groups excluding tert-OH is 1. The molecule has 0 heterocycles. The van der Waals surface area contributed by atoms with Crippen molar-refractivity contribution in [3.63, 3.8) is 0 Å². The van der Waals surface area contributed by atoms with Gasteiger partial charge in [0.25, 0.3) is 0 Å². The number of hydrogen-bond acceptors (Lipinski definition) is 3. The van der Waals surface area contributed by atoms with E-state index in [0.717, 1.165) is 0 Å². The molecular weight excluding hydrogens is 182 g/mol. The van der Waals surface area contributed by atoms with Gasteiger partial charge in [0.05, 0.1) is 0 Å². The predicted octanol–water partition coefficient (Wildman–Crippen LogP) is 0.800. The first-order valence-electron chi connectivity index (χ1n) is 4.95. The minimum absolute atomic E-state index is 0.0895. The Bertz CT molecular complexity index is 192. The number of carbonyl (C=O) groups is 1. The normalized spacial score (nSPS) is 14.4. The summed E-state index contributed by atoms with van der Waals surface area (Å²) in [6, 6.07) is 0. The van der Waals surface area contributed by atoms with Crippen LogP contribution in [0.5, 0.6) is 0 Å². The second-order valence-corrected chi connectivity index (χ2v) is 4.19. The van der Waals surface area contributed by atoms with Crippen LogP contribution in [0.2, 0.25) is 0 Å². The number of aliphatic hydroxyl groups is 1. The minimum atomic E-state index is -0.863. The smallest absolute Gasteiger partial charge is 0.323 e. The van der Waals surface area contributed by atoms with Crippen molar-refractivity contribution in [2.45, 2.75) is 33.2 Å². The number of carboxylic acids is 1. The van der Waals surface area contributed by atoms with Crippen LogP contribution < -0.4 is 0 Å². The molecule has 0 saturated heterocycles. The zero-order valence-electron chi connectivity index (χ0n) is 9.45. The maximum Gasteiger partial charge on any atom is 0.323 e. The van der Waals surface area contributed by atoms with Gasteiger partial charge in [0.1, 0.15) is 5.54 Å². The standard InChI is InChI=1S/C10H21NO3/c1-5-11(6-8(2)7-12)10(3,4)9(13)14/h8,12H,5-7H2,1-4H3,(H,13,14). The van der Waals surface area contributed by atoms with Gasteiger partial charge in [-0.05, 0) is 26.3 Å². The van der Waals surface area contributed by atoms with Crippen molar-refractivity contribution < 1.29 is 15.0 Å². The zero-order chi connectivity index (χ0) is 11.4. The van der Waals surface area contributed by atoms with Crippen molar-refractivity contribution in [2.24, 2.45) is 5.92 Å². The molecule has 0 fully saturated rings. The topological polar surface area (TPSA) is 60.8 Å². The summed E-state index contributed by atoms with van der Waals surface area (Å²) in [6.45, 7) is 8.56. The van der Waals surface area contributed by atoms with Gasteiger partial charge in [-0.3, -0.25) is 9.69 Å². The molecule has 0 aliphatic carbocycles. The number of hydrogen-bond donors (Lipinski definition) is 2. The Labute approximate surface area is 85.5 Å². The van der Waals surface area contributed by atoms with Crippen LogP contribution in [0.25, 0.3) is 0 Å². The van der Waals surface area contributed by atoms with Gasteiger partial charge in [0.2, 0.25) is 0 Å². The maximum absolute atomic E-state index is 11.0. The van der Waals surface area contributed by atoms with E-state index in [4.69, 9.17) is 10.2 Å². The van der Waals surface area contributed by atoms with Crippen LogP contribution in [-0.4, -0.2) is 46.3 Å². The molecule has 1 unspecified atom stereocenters. The van der Waals surface area contributed by atoms with E-state index in [1.54, 1.807) is 13.8 Å². The van der Waals surface area contributed by atoms with Gasteiger partial charge in [-0.15, -0.1) is 0 Å². The second-order valence-electron chi connectivity index (χ2n) is 4.19. The van der Waals surface area contributed by atoms with Crippen molar-refractivity contribution in [3.05, 3.63) is 0 Å². The van der Waals surface area contributed by atoms with Crippen LogP contribution >= 0.6 is 0 Å². The lowest BCUT2D eigenvalue weighted by Crippen LogP contribution is -2.51. The summed E-state index contributed by atoms with van der Waals surface area (Å²) in [5, 5.41) is 17.9. The number of carboxylic acid groups (broad SMARTS) is 1. The fourth-order valence-electron chi connectivity index (χ4n) is 1.32. The molecule has 0 rings (SSSR count). The first-order chi connectivity index (χ1) is 6.36. The fraction of sp³-hybridized carbons (Fsp3) is 0.900. The van der Waals surface area contributed by atoms with E-state index in [2.05, 4.69) is 0 Å². The quantitative estimate of drug-likeness (QED) is 0.670. The highest BCUT2D eigenvalue weighted by atomic mass is 16.4. The third kappa shape index (κ3) is 3.27. The van der Waals surface area contributed by atoms with E-state index in [9.17, 15) is 4.79 Å². The highest BCUT2D eigenvalue weighted by Gasteiger charge is 2.33. The molecule has 0 saturated carbocycles. The third-order valence-electron chi connectivity index (χ3n) is 2.54. The molecule has 0 aromatic carbocycles. The van der Waals surface area contributed by atoms with Crippen molar-refractivity contribution in [3.8, 4) is 0 Å². The molecule has 4 heteroatoms. The van der Waals surface area contributed by atoms with E-state index in [1.807, 2.05) is 18.7 Å². The van der Waals surface area contributed by atoms with Crippen molar-refractivity contribution >= 4 is 5.97 Å².